The van der Waals surface area contributed by atoms with E-state index in [2.05, 4.69) is 48.6 Å². The van der Waals surface area contributed by atoms with Gasteiger partial charge >= 0.3 is 0 Å². The van der Waals surface area contributed by atoms with E-state index in [0.29, 0.717) is 6.04 Å². The first-order valence-corrected chi connectivity index (χ1v) is 8.49. The molecule has 1 atom stereocenters. The van der Waals surface area contributed by atoms with E-state index in [-0.39, 0.29) is 0 Å². The van der Waals surface area contributed by atoms with Crippen molar-refractivity contribution in [1.82, 2.24) is 5.32 Å². The summed E-state index contributed by atoms with van der Waals surface area (Å²) in [5, 5.41) is 3.72. The molecule has 0 aromatic heterocycles. The van der Waals surface area contributed by atoms with E-state index in [0.717, 1.165) is 12.3 Å². The maximum atomic E-state index is 3.72. The predicted molar refractivity (Wildman–Crippen MR) is 85.8 cm³/mol. The van der Waals surface area contributed by atoms with Crippen LogP contribution in [0.3, 0.4) is 0 Å². The lowest BCUT2D eigenvalue weighted by Crippen LogP contribution is -2.34. The minimum Gasteiger partial charge on any atom is -0.310 e. The van der Waals surface area contributed by atoms with Crippen LogP contribution in [0.1, 0.15) is 39.0 Å². The van der Waals surface area contributed by atoms with Gasteiger partial charge in [-0.05, 0) is 50.8 Å². The van der Waals surface area contributed by atoms with Crippen molar-refractivity contribution in [2.45, 2.75) is 50.0 Å². The third-order valence-electron chi connectivity index (χ3n) is 3.57. The number of hydrogen-bond acceptors (Lipinski definition) is 2. The maximum absolute atomic E-state index is 3.72. The van der Waals surface area contributed by atoms with Crippen molar-refractivity contribution in [2.75, 3.05) is 12.3 Å². The van der Waals surface area contributed by atoms with Crippen LogP contribution in [0.5, 0.6) is 0 Å². The highest BCUT2D eigenvalue weighted by molar-refractivity contribution is 7.99. The third-order valence-corrected chi connectivity index (χ3v) is 4.68. The fraction of sp³-hybridized carbons (Fsp3) is 0.529. The molecule has 1 nitrogen and oxygen atoms in total. The SMILES string of the molecule is CCCNC(CSc1ccccc1)C1=CCCCC1. The van der Waals surface area contributed by atoms with Crippen LogP contribution in [0.4, 0.5) is 0 Å². The molecule has 0 spiro atoms. The monoisotopic (exact) mass is 275 g/mol. The van der Waals surface area contributed by atoms with Gasteiger partial charge in [-0.1, -0.05) is 36.8 Å². The molecule has 0 saturated carbocycles. The van der Waals surface area contributed by atoms with Crippen LogP contribution >= 0.6 is 11.8 Å². The molecule has 2 rings (SSSR count). The quantitative estimate of drug-likeness (QED) is 0.574. The summed E-state index contributed by atoms with van der Waals surface area (Å²) in [4.78, 5) is 1.38. The highest BCUT2D eigenvalue weighted by Gasteiger charge is 2.15. The highest BCUT2D eigenvalue weighted by atomic mass is 32.2. The number of allylic oxidation sites excluding steroid dienone is 1. The van der Waals surface area contributed by atoms with Gasteiger partial charge in [0.25, 0.3) is 0 Å². The normalized spacial score (nSPS) is 17.0. The van der Waals surface area contributed by atoms with Crippen LogP contribution in [-0.2, 0) is 0 Å². The van der Waals surface area contributed by atoms with Gasteiger partial charge in [0.15, 0.2) is 0 Å². The second-order valence-electron chi connectivity index (χ2n) is 5.16. The molecule has 2 heteroatoms. The fourth-order valence-corrected chi connectivity index (χ4v) is 3.53. The van der Waals surface area contributed by atoms with Gasteiger partial charge in [-0.3, -0.25) is 0 Å². The lowest BCUT2D eigenvalue weighted by Gasteiger charge is -2.24. The van der Waals surface area contributed by atoms with Crippen LogP contribution in [0.2, 0.25) is 0 Å². The molecule has 1 aromatic carbocycles. The van der Waals surface area contributed by atoms with Crippen molar-refractivity contribution < 1.29 is 0 Å². The Hall–Kier alpha value is -0.730. The zero-order valence-corrected chi connectivity index (χ0v) is 12.7. The topological polar surface area (TPSA) is 12.0 Å². The third kappa shape index (κ3) is 5.04. The molecule has 1 aliphatic rings. The fourth-order valence-electron chi connectivity index (χ4n) is 2.49. The average molecular weight is 275 g/mol. The zero-order chi connectivity index (χ0) is 13.3. The minimum atomic E-state index is 0.561. The molecule has 0 heterocycles. The van der Waals surface area contributed by atoms with Gasteiger partial charge in [0, 0.05) is 16.7 Å². The number of hydrogen-bond donors (Lipinski definition) is 1. The number of nitrogens with one attached hydrogen (secondary N) is 1. The molecular weight excluding hydrogens is 250 g/mol. The van der Waals surface area contributed by atoms with E-state index in [1.54, 1.807) is 5.57 Å². The van der Waals surface area contributed by atoms with Crippen molar-refractivity contribution >= 4 is 11.8 Å². The van der Waals surface area contributed by atoms with Gasteiger partial charge in [0.05, 0.1) is 0 Å². The van der Waals surface area contributed by atoms with E-state index in [9.17, 15) is 0 Å². The van der Waals surface area contributed by atoms with E-state index in [4.69, 9.17) is 0 Å². The molecule has 0 radical (unpaired) electrons. The molecule has 1 aromatic rings. The molecule has 1 aliphatic carbocycles. The molecule has 0 saturated heterocycles. The summed E-state index contributed by atoms with van der Waals surface area (Å²) in [6.07, 6.45) is 8.98. The first kappa shape index (κ1) is 14.7. The van der Waals surface area contributed by atoms with Gasteiger partial charge in [-0.25, -0.2) is 0 Å². The molecular formula is C17H25NS. The van der Waals surface area contributed by atoms with Crippen molar-refractivity contribution in [3.05, 3.63) is 42.0 Å². The Morgan fingerprint density at radius 1 is 1.21 bits per heavy atom. The van der Waals surface area contributed by atoms with Crippen LogP contribution in [-0.4, -0.2) is 18.3 Å². The Labute approximate surface area is 121 Å². The summed E-state index contributed by atoms with van der Waals surface area (Å²) < 4.78 is 0. The lowest BCUT2D eigenvalue weighted by molar-refractivity contribution is 0.562. The Kier molecular flexibility index (Phi) is 6.52. The second-order valence-corrected chi connectivity index (χ2v) is 6.25. The number of rotatable bonds is 7. The molecule has 1 N–H and O–H groups in total. The molecule has 0 bridgehead atoms. The zero-order valence-electron chi connectivity index (χ0n) is 11.9. The van der Waals surface area contributed by atoms with Gasteiger partial charge < -0.3 is 5.32 Å². The Bertz CT molecular complexity index is 386. The van der Waals surface area contributed by atoms with Crippen molar-refractivity contribution in [1.29, 1.82) is 0 Å². The van der Waals surface area contributed by atoms with E-state index in [1.165, 1.54) is 37.0 Å². The average Bonchev–Trinajstić information content (AvgIpc) is 2.49. The first-order chi connectivity index (χ1) is 9.40. The molecule has 0 amide bonds. The van der Waals surface area contributed by atoms with Crippen LogP contribution in [0.25, 0.3) is 0 Å². The molecule has 1 unspecified atom stereocenters. The predicted octanol–water partition coefficient (Wildman–Crippen LogP) is 4.65. The molecule has 104 valence electrons. The van der Waals surface area contributed by atoms with Crippen LogP contribution in [0.15, 0.2) is 46.9 Å². The molecule has 19 heavy (non-hydrogen) atoms. The van der Waals surface area contributed by atoms with E-state index < -0.39 is 0 Å². The van der Waals surface area contributed by atoms with Gasteiger partial charge in [0.1, 0.15) is 0 Å². The van der Waals surface area contributed by atoms with Crippen molar-refractivity contribution in [3.8, 4) is 0 Å². The van der Waals surface area contributed by atoms with Crippen molar-refractivity contribution in [2.24, 2.45) is 0 Å². The Morgan fingerprint density at radius 2 is 2.05 bits per heavy atom. The summed E-state index contributed by atoms with van der Waals surface area (Å²) in [6.45, 7) is 3.36. The summed E-state index contributed by atoms with van der Waals surface area (Å²) in [5.41, 5.74) is 1.64. The van der Waals surface area contributed by atoms with Gasteiger partial charge in [0.2, 0.25) is 0 Å². The summed E-state index contributed by atoms with van der Waals surface area (Å²) in [6, 6.07) is 11.3. The first-order valence-electron chi connectivity index (χ1n) is 7.50. The largest absolute Gasteiger partial charge is 0.310 e. The number of benzene rings is 1. The molecule has 0 aliphatic heterocycles. The number of thioether (sulfide) groups is 1. The maximum Gasteiger partial charge on any atom is 0.0374 e. The molecule has 0 fully saturated rings. The Balaban J connectivity index is 1.91. The van der Waals surface area contributed by atoms with E-state index >= 15 is 0 Å². The smallest absolute Gasteiger partial charge is 0.0374 e. The second kappa shape index (κ2) is 8.44. The van der Waals surface area contributed by atoms with Crippen LogP contribution < -0.4 is 5.32 Å². The van der Waals surface area contributed by atoms with Gasteiger partial charge in [-0.2, -0.15) is 0 Å². The van der Waals surface area contributed by atoms with Crippen LogP contribution in [0, 0.1) is 0 Å². The van der Waals surface area contributed by atoms with Crippen molar-refractivity contribution in [3.63, 3.8) is 0 Å². The van der Waals surface area contributed by atoms with E-state index in [1.807, 2.05) is 11.8 Å². The summed E-state index contributed by atoms with van der Waals surface area (Å²) in [5.74, 6) is 1.15. The summed E-state index contributed by atoms with van der Waals surface area (Å²) in [7, 11) is 0. The van der Waals surface area contributed by atoms with Gasteiger partial charge in [-0.15, -0.1) is 11.8 Å². The minimum absolute atomic E-state index is 0.561. The standard InChI is InChI=1S/C17H25NS/c1-2-13-18-17(15-9-5-3-6-10-15)14-19-16-11-7-4-8-12-16/h4,7-9,11-12,17-18H,2-3,5-6,10,13-14H2,1H3. The highest BCUT2D eigenvalue weighted by Crippen LogP contribution is 2.25. The Morgan fingerprint density at radius 3 is 2.74 bits per heavy atom. The summed E-state index contributed by atoms with van der Waals surface area (Å²) >= 11 is 1.97. The lowest BCUT2D eigenvalue weighted by atomic mass is 9.94.